The number of hydrogen-bond donors (Lipinski definition) is 1. The monoisotopic (exact) mass is 237 g/mol. The molecule has 0 fully saturated rings. The van der Waals surface area contributed by atoms with Gasteiger partial charge in [-0.05, 0) is 44.2 Å². The molecule has 17 heavy (non-hydrogen) atoms. The van der Waals surface area contributed by atoms with Gasteiger partial charge < -0.3 is 5.32 Å². The van der Waals surface area contributed by atoms with Crippen molar-refractivity contribution >= 4 is 0 Å². The van der Waals surface area contributed by atoms with Gasteiger partial charge in [-0.25, -0.2) is 0 Å². The highest BCUT2D eigenvalue weighted by Gasteiger charge is 2.11. The summed E-state index contributed by atoms with van der Waals surface area (Å²) in [6.45, 7) is 10.9. The van der Waals surface area contributed by atoms with Crippen molar-refractivity contribution in [2.24, 2.45) is 5.92 Å². The zero-order valence-electron chi connectivity index (χ0n) is 11.7. The highest BCUT2D eigenvalue weighted by atomic mass is 15.3. The van der Waals surface area contributed by atoms with Gasteiger partial charge in [0.2, 0.25) is 0 Å². The number of aryl methyl sites for hydroxylation is 2. The fourth-order valence-electron chi connectivity index (χ4n) is 2.17. The summed E-state index contributed by atoms with van der Waals surface area (Å²) >= 11 is 0. The van der Waals surface area contributed by atoms with Crippen LogP contribution in [0.4, 0.5) is 0 Å². The molecule has 1 aromatic rings. The molecule has 1 aromatic heterocycles. The van der Waals surface area contributed by atoms with Gasteiger partial charge in [0.1, 0.15) is 0 Å². The maximum Gasteiger partial charge on any atom is 0.0521 e. The van der Waals surface area contributed by atoms with Crippen molar-refractivity contribution in [3.63, 3.8) is 0 Å². The smallest absolute Gasteiger partial charge is 0.0521 e. The quantitative estimate of drug-likeness (QED) is 0.753. The van der Waals surface area contributed by atoms with Crippen LogP contribution in [0.1, 0.15) is 46.1 Å². The van der Waals surface area contributed by atoms with Crippen LogP contribution in [0.3, 0.4) is 0 Å². The maximum atomic E-state index is 4.30. The van der Waals surface area contributed by atoms with E-state index in [9.17, 15) is 0 Å². The molecule has 0 aliphatic heterocycles. The second kappa shape index (κ2) is 7.49. The predicted molar refractivity (Wildman–Crippen MR) is 73.1 cm³/mol. The number of nitrogens with one attached hydrogen (secondary N) is 1. The van der Waals surface area contributed by atoms with Crippen LogP contribution in [0.15, 0.2) is 12.4 Å². The van der Waals surface area contributed by atoms with Gasteiger partial charge in [0.15, 0.2) is 0 Å². The van der Waals surface area contributed by atoms with Gasteiger partial charge in [-0.15, -0.1) is 0 Å². The Morgan fingerprint density at radius 3 is 2.65 bits per heavy atom. The van der Waals surface area contributed by atoms with Crippen molar-refractivity contribution in [2.75, 3.05) is 6.54 Å². The van der Waals surface area contributed by atoms with Gasteiger partial charge in [-0.3, -0.25) is 4.68 Å². The Balaban J connectivity index is 2.30. The highest BCUT2D eigenvalue weighted by Crippen LogP contribution is 2.11. The Hall–Kier alpha value is -0.830. The Labute approximate surface area is 106 Å². The molecule has 0 spiro atoms. The molecule has 1 N–H and O–H groups in total. The first-order valence-electron chi connectivity index (χ1n) is 6.92. The number of rotatable bonds is 8. The van der Waals surface area contributed by atoms with E-state index in [4.69, 9.17) is 0 Å². The molecular formula is C14H27N3. The van der Waals surface area contributed by atoms with Crippen molar-refractivity contribution in [2.45, 2.75) is 59.5 Å². The molecule has 1 rings (SSSR count). The van der Waals surface area contributed by atoms with Crippen molar-refractivity contribution in [3.8, 4) is 0 Å². The minimum Gasteiger partial charge on any atom is -0.314 e. The minimum atomic E-state index is 0.654. The summed E-state index contributed by atoms with van der Waals surface area (Å²) in [5.41, 5.74) is 1.37. The van der Waals surface area contributed by atoms with E-state index >= 15 is 0 Å². The van der Waals surface area contributed by atoms with Gasteiger partial charge >= 0.3 is 0 Å². The maximum absolute atomic E-state index is 4.30. The van der Waals surface area contributed by atoms with E-state index in [1.165, 1.54) is 18.4 Å². The van der Waals surface area contributed by atoms with Crippen molar-refractivity contribution in [1.29, 1.82) is 0 Å². The third kappa shape index (κ3) is 4.90. The molecule has 0 aliphatic rings. The third-order valence-corrected chi connectivity index (χ3v) is 3.26. The zero-order valence-corrected chi connectivity index (χ0v) is 11.7. The Bertz CT molecular complexity index is 304. The van der Waals surface area contributed by atoms with Crippen LogP contribution in [0.25, 0.3) is 0 Å². The number of aromatic nitrogens is 2. The first-order valence-corrected chi connectivity index (χ1v) is 6.92. The first-order chi connectivity index (χ1) is 8.17. The molecule has 0 radical (unpaired) electrons. The number of nitrogens with zero attached hydrogens (tertiary/aromatic N) is 2. The predicted octanol–water partition coefficient (Wildman–Crippen LogP) is 2.86. The average Bonchev–Trinajstić information content (AvgIpc) is 2.75. The van der Waals surface area contributed by atoms with Gasteiger partial charge in [0.05, 0.1) is 6.20 Å². The van der Waals surface area contributed by atoms with E-state index in [2.05, 4.69) is 44.3 Å². The second-order valence-corrected chi connectivity index (χ2v) is 5.00. The summed E-state index contributed by atoms with van der Waals surface area (Å²) in [4.78, 5) is 0. The normalized spacial score (nSPS) is 13.2. The first kappa shape index (κ1) is 14.2. The lowest BCUT2D eigenvalue weighted by Gasteiger charge is -2.21. The average molecular weight is 237 g/mol. The lowest BCUT2D eigenvalue weighted by atomic mass is 9.97. The molecule has 98 valence electrons. The summed E-state index contributed by atoms with van der Waals surface area (Å²) in [7, 11) is 0. The van der Waals surface area contributed by atoms with Crippen molar-refractivity contribution in [3.05, 3.63) is 18.0 Å². The molecule has 3 heteroatoms. The van der Waals surface area contributed by atoms with Gasteiger partial charge in [-0.2, -0.15) is 5.10 Å². The fraction of sp³-hybridized carbons (Fsp3) is 0.786. The Kier molecular flexibility index (Phi) is 6.27. The van der Waals surface area contributed by atoms with Crippen LogP contribution in [0.2, 0.25) is 0 Å². The molecule has 1 atom stereocenters. The molecule has 1 unspecified atom stereocenters. The van der Waals surface area contributed by atoms with Crippen molar-refractivity contribution in [1.82, 2.24) is 15.1 Å². The van der Waals surface area contributed by atoms with E-state index in [1.807, 2.05) is 10.9 Å². The molecule has 3 nitrogen and oxygen atoms in total. The SMILES string of the molecule is CCNC(CCCc1cnn(CC)c1)C(C)C. The van der Waals surface area contributed by atoms with E-state index in [-0.39, 0.29) is 0 Å². The van der Waals surface area contributed by atoms with E-state index in [1.54, 1.807) is 0 Å². The van der Waals surface area contributed by atoms with E-state index < -0.39 is 0 Å². The molecule has 0 aromatic carbocycles. The van der Waals surface area contributed by atoms with Crippen LogP contribution < -0.4 is 5.32 Å². The van der Waals surface area contributed by atoms with E-state index in [0.29, 0.717) is 12.0 Å². The van der Waals surface area contributed by atoms with Crippen LogP contribution in [-0.2, 0) is 13.0 Å². The van der Waals surface area contributed by atoms with Gasteiger partial charge in [0.25, 0.3) is 0 Å². The minimum absolute atomic E-state index is 0.654. The summed E-state index contributed by atoms with van der Waals surface area (Å²) in [6.07, 6.45) is 7.81. The van der Waals surface area contributed by atoms with Crippen molar-refractivity contribution < 1.29 is 0 Å². The standard InChI is InChI=1S/C14H27N3/c1-5-15-14(12(3)4)9-7-8-13-10-16-17(6-2)11-13/h10-12,14-15H,5-9H2,1-4H3. The van der Waals surface area contributed by atoms with E-state index in [0.717, 1.165) is 19.5 Å². The molecule has 0 saturated carbocycles. The summed E-state index contributed by atoms with van der Waals surface area (Å²) in [5.74, 6) is 0.716. The molecule has 0 amide bonds. The fourth-order valence-corrected chi connectivity index (χ4v) is 2.17. The summed E-state index contributed by atoms with van der Waals surface area (Å²) < 4.78 is 2.00. The number of hydrogen-bond acceptors (Lipinski definition) is 2. The lowest BCUT2D eigenvalue weighted by molar-refractivity contribution is 0.377. The van der Waals surface area contributed by atoms with Crippen LogP contribution in [0, 0.1) is 5.92 Å². The molecular weight excluding hydrogens is 210 g/mol. The van der Waals surface area contributed by atoms with Gasteiger partial charge in [-0.1, -0.05) is 20.8 Å². The Morgan fingerprint density at radius 1 is 1.35 bits per heavy atom. The molecule has 0 aliphatic carbocycles. The summed E-state index contributed by atoms with van der Waals surface area (Å²) in [6, 6.07) is 0.654. The van der Waals surface area contributed by atoms with Gasteiger partial charge in [0, 0.05) is 18.8 Å². The van der Waals surface area contributed by atoms with Crippen LogP contribution in [0.5, 0.6) is 0 Å². The third-order valence-electron chi connectivity index (χ3n) is 3.26. The van der Waals surface area contributed by atoms with Crippen LogP contribution in [-0.4, -0.2) is 22.4 Å². The largest absolute Gasteiger partial charge is 0.314 e. The van der Waals surface area contributed by atoms with Crippen LogP contribution >= 0.6 is 0 Å². The zero-order chi connectivity index (χ0) is 12.7. The second-order valence-electron chi connectivity index (χ2n) is 5.00. The summed E-state index contributed by atoms with van der Waals surface area (Å²) in [5, 5.41) is 7.87. The Morgan fingerprint density at radius 2 is 2.12 bits per heavy atom. The molecule has 1 heterocycles. The topological polar surface area (TPSA) is 29.9 Å². The lowest BCUT2D eigenvalue weighted by Crippen LogP contribution is -2.33. The molecule has 0 saturated heterocycles. The molecule has 0 bridgehead atoms. The highest BCUT2D eigenvalue weighted by molar-refractivity contribution is 5.03.